The molecule has 0 N–H and O–H groups in total. The Morgan fingerprint density at radius 2 is 1.41 bits per heavy atom. The molecule has 29 heavy (non-hydrogen) atoms. The average molecular weight is 384 g/mol. The Kier molecular flexibility index (Phi) is 5.34. The van der Waals surface area contributed by atoms with Gasteiger partial charge in [0, 0.05) is 11.1 Å². The van der Waals surface area contributed by atoms with Crippen LogP contribution in [0.5, 0.6) is 11.5 Å². The van der Waals surface area contributed by atoms with E-state index >= 15 is 0 Å². The number of aromatic nitrogens is 2. The summed E-state index contributed by atoms with van der Waals surface area (Å²) >= 11 is 0. The van der Waals surface area contributed by atoms with Crippen LogP contribution in [0, 0.1) is 6.92 Å². The standard InChI is InChI=1S/C25H24N2O2/c1-18-7-4-8-19(13-18)17-27-25(21-10-6-12-23(15-21)29-3)16-24(26-27)20-9-5-11-22(14-20)28-2/h4-16H,17H2,1-3H3. The van der Waals surface area contributed by atoms with Crippen molar-refractivity contribution in [3.63, 3.8) is 0 Å². The normalized spacial score (nSPS) is 10.7. The van der Waals surface area contributed by atoms with E-state index in [0.717, 1.165) is 34.0 Å². The summed E-state index contributed by atoms with van der Waals surface area (Å²) < 4.78 is 12.9. The predicted molar refractivity (Wildman–Crippen MR) is 116 cm³/mol. The van der Waals surface area contributed by atoms with Crippen molar-refractivity contribution in [3.05, 3.63) is 90.0 Å². The smallest absolute Gasteiger partial charge is 0.119 e. The van der Waals surface area contributed by atoms with E-state index in [0.29, 0.717) is 6.54 Å². The van der Waals surface area contributed by atoms with Crippen LogP contribution in [0.3, 0.4) is 0 Å². The van der Waals surface area contributed by atoms with Gasteiger partial charge in [-0.05, 0) is 42.8 Å². The molecule has 0 radical (unpaired) electrons. The molecule has 1 aromatic heterocycles. The lowest BCUT2D eigenvalue weighted by Crippen LogP contribution is -2.04. The Balaban J connectivity index is 1.81. The number of aryl methyl sites for hydroxylation is 1. The van der Waals surface area contributed by atoms with E-state index in [1.165, 1.54) is 11.1 Å². The number of methoxy groups -OCH3 is 2. The summed E-state index contributed by atoms with van der Waals surface area (Å²) in [6.45, 7) is 2.80. The summed E-state index contributed by atoms with van der Waals surface area (Å²) in [6.07, 6.45) is 0. The fourth-order valence-electron chi connectivity index (χ4n) is 3.46. The topological polar surface area (TPSA) is 36.3 Å². The lowest BCUT2D eigenvalue weighted by atomic mass is 10.1. The first-order chi connectivity index (χ1) is 14.2. The van der Waals surface area contributed by atoms with Crippen molar-refractivity contribution >= 4 is 0 Å². The Bertz CT molecular complexity index is 1130. The molecular weight excluding hydrogens is 360 g/mol. The third kappa shape index (κ3) is 4.16. The molecule has 0 aliphatic carbocycles. The van der Waals surface area contributed by atoms with Gasteiger partial charge in [0.25, 0.3) is 0 Å². The molecule has 146 valence electrons. The maximum Gasteiger partial charge on any atom is 0.119 e. The van der Waals surface area contributed by atoms with Crippen LogP contribution in [0.15, 0.2) is 78.9 Å². The van der Waals surface area contributed by atoms with Gasteiger partial charge in [0.2, 0.25) is 0 Å². The molecule has 0 atom stereocenters. The van der Waals surface area contributed by atoms with Gasteiger partial charge < -0.3 is 9.47 Å². The molecule has 0 bridgehead atoms. The summed E-state index contributed by atoms with van der Waals surface area (Å²) in [5, 5.41) is 4.93. The fourth-order valence-corrected chi connectivity index (χ4v) is 3.46. The summed E-state index contributed by atoms with van der Waals surface area (Å²) in [6, 6.07) is 26.7. The summed E-state index contributed by atoms with van der Waals surface area (Å²) in [7, 11) is 3.36. The van der Waals surface area contributed by atoms with E-state index in [-0.39, 0.29) is 0 Å². The molecule has 1 heterocycles. The largest absolute Gasteiger partial charge is 0.497 e. The van der Waals surface area contributed by atoms with E-state index in [9.17, 15) is 0 Å². The van der Waals surface area contributed by atoms with Crippen LogP contribution in [-0.4, -0.2) is 24.0 Å². The molecule has 0 unspecified atom stereocenters. The number of hydrogen-bond acceptors (Lipinski definition) is 3. The molecule has 4 aromatic rings. The van der Waals surface area contributed by atoms with Crippen molar-refractivity contribution in [2.45, 2.75) is 13.5 Å². The van der Waals surface area contributed by atoms with Crippen molar-refractivity contribution in [2.75, 3.05) is 14.2 Å². The summed E-state index contributed by atoms with van der Waals surface area (Å²) in [4.78, 5) is 0. The number of rotatable bonds is 6. The van der Waals surface area contributed by atoms with Crippen molar-refractivity contribution in [2.24, 2.45) is 0 Å². The minimum Gasteiger partial charge on any atom is -0.497 e. The van der Waals surface area contributed by atoms with Gasteiger partial charge in [0.15, 0.2) is 0 Å². The second kappa shape index (κ2) is 8.23. The molecule has 0 saturated heterocycles. The Hall–Kier alpha value is -3.53. The van der Waals surface area contributed by atoms with Crippen molar-refractivity contribution in [1.82, 2.24) is 9.78 Å². The van der Waals surface area contributed by atoms with Crippen LogP contribution in [0.2, 0.25) is 0 Å². The summed E-state index contributed by atoms with van der Waals surface area (Å²) in [5.41, 5.74) is 6.51. The first-order valence-electron chi connectivity index (χ1n) is 9.58. The first-order valence-corrected chi connectivity index (χ1v) is 9.58. The highest BCUT2D eigenvalue weighted by atomic mass is 16.5. The zero-order valence-corrected chi connectivity index (χ0v) is 16.9. The summed E-state index contributed by atoms with van der Waals surface area (Å²) in [5.74, 6) is 1.65. The monoisotopic (exact) mass is 384 g/mol. The lowest BCUT2D eigenvalue weighted by molar-refractivity contribution is 0.415. The maximum atomic E-state index is 5.43. The second-order valence-corrected chi connectivity index (χ2v) is 7.03. The van der Waals surface area contributed by atoms with Crippen LogP contribution in [-0.2, 0) is 6.54 Å². The molecule has 4 rings (SSSR count). The number of hydrogen-bond donors (Lipinski definition) is 0. The molecule has 4 heteroatoms. The molecular formula is C25H24N2O2. The fraction of sp³-hybridized carbons (Fsp3) is 0.160. The van der Waals surface area contributed by atoms with Gasteiger partial charge in [0.05, 0.1) is 32.2 Å². The third-order valence-electron chi connectivity index (χ3n) is 4.93. The van der Waals surface area contributed by atoms with Crippen LogP contribution >= 0.6 is 0 Å². The molecule has 0 amide bonds. The van der Waals surface area contributed by atoms with Gasteiger partial charge in [-0.3, -0.25) is 4.68 Å². The van der Waals surface area contributed by atoms with Gasteiger partial charge in [-0.1, -0.05) is 54.1 Å². The molecule has 0 aliphatic heterocycles. The van der Waals surface area contributed by atoms with Crippen LogP contribution in [0.1, 0.15) is 11.1 Å². The molecule has 0 saturated carbocycles. The SMILES string of the molecule is COc1cccc(-c2cc(-c3cccc(OC)c3)n(Cc3cccc(C)c3)n2)c1. The van der Waals surface area contributed by atoms with Gasteiger partial charge in [-0.25, -0.2) is 0 Å². The van der Waals surface area contributed by atoms with E-state index in [1.807, 2.05) is 36.4 Å². The highest BCUT2D eigenvalue weighted by Gasteiger charge is 2.13. The van der Waals surface area contributed by atoms with E-state index < -0.39 is 0 Å². The average Bonchev–Trinajstić information content (AvgIpc) is 3.17. The molecule has 0 fully saturated rings. The first kappa shape index (κ1) is 18.8. The van der Waals surface area contributed by atoms with Gasteiger partial charge >= 0.3 is 0 Å². The van der Waals surface area contributed by atoms with Crippen LogP contribution in [0.25, 0.3) is 22.5 Å². The molecule has 0 spiro atoms. The Labute approximate surface area is 171 Å². The van der Waals surface area contributed by atoms with E-state index in [2.05, 4.69) is 54.1 Å². The van der Waals surface area contributed by atoms with E-state index in [1.54, 1.807) is 14.2 Å². The minimum atomic E-state index is 0.693. The minimum absolute atomic E-state index is 0.693. The number of ether oxygens (including phenoxy) is 2. The Morgan fingerprint density at radius 3 is 2.10 bits per heavy atom. The van der Waals surface area contributed by atoms with E-state index in [4.69, 9.17) is 14.6 Å². The lowest BCUT2D eigenvalue weighted by Gasteiger charge is -2.09. The zero-order valence-electron chi connectivity index (χ0n) is 16.9. The Morgan fingerprint density at radius 1 is 0.759 bits per heavy atom. The van der Waals surface area contributed by atoms with Crippen molar-refractivity contribution in [1.29, 1.82) is 0 Å². The van der Waals surface area contributed by atoms with Crippen molar-refractivity contribution in [3.8, 4) is 34.0 Å². The number of benzene rings is 3. The molecule has 4 nitrogen and oxygen atoms in total. The molecule has 0 aliphatic rings. The maximum absolute atomic E-state index is 5.43. The van der Waals surface area contributed by atoms with Crippen molar-refractivity contribution < 1.29 is 9.47 Å². The number of nitrogens with zero attached hydrogens (tertiary/aromatic N) is 2. The van der Waals surface area contributed by atoms with Crippen LogP contribution in [0.4, 0.5) is 0 Å². The van der Waals surface area contributed by atoms with Gasteiger partial charge in [0.1, 0.15) is 11.5 Å². The van der Waals surface area contributed by atoms with Gasteiger partial charge in [-0.2, -0.15) is 5.10 Å². The zero-order chi connectivity index (χ0) is 20.2. The molecule has 3 aromatic carbocycles. The highest BCUT2D eigenvalue weighted by Crippen LogP contribution is 2.30. The second-order valence-electron chi connectivity index (χ2n) is 7.03. The van der Waals surface area contributed by atoms with Crippen LogP contribution < -0.4 is 9.47 Å². The quantitative estimate of drug-likeness (QED) is 0.435. The van der Waals surface area contributed by atoms with Gasteiger partial charge in [-0.15, -0.1) is 0 Å². The highest BCUT2D eigenvalue weighted by molar-refractivity contribution is 5.70. The third-order valence-corrected chi connectivity index (χ3v) is 4.93. The predicted octanol–water partition coefficient (Wildman–Crippen LogP) is 5.59.